The van der Waals surface area contributed by atoms with Crippen LogP contribution in [0.4, 0.5) is 13.2 Å². The van der Waals surface area contributed by atoms with Crippen molar-refractivity contribution in [1.82, 2.24) is 4.98 Å². The lowest BCUT2D eigenvalue weighted by atomic mass is 10.1. The van der Waals surface area contributed by atoms with Gasteiger partial charge >= 0.3 is 6.18 Å². The summed E-state index contributed by atoms with van der Waals surface area (Å²) in [6.45, 7) is 1.55. The van der Waals surface area contributed by atoms with E-state index < -0.39 is 21.6 Å². The van der Waals surface area contributed by atoms with E-state index in [0.717, 1.165) is 12.1 Å². The van der Waals surface area contributed by atoms with E-state index in [0.29, 0.717) is 16.7 Å². The third kappa shape index (κ3) is 3.80. The third-order valence-electron chi connectivity index (χ3n) is 3.75. The first-order valence-corrected chi connectivity index (χ1v) is 9.33. The summed E-state index contributed by atoms with van der Waals surface area (Å²) in [5.74, 6) is 0.141. The van der Waals surface area contributed by atoms with Gasteiger partial charge in [0.2, 0.25) is 5.89 Å². The maximum Gasteiger partial charge on any atom is 0.416 e. The molecular weight excluding hydrogens is 367 g/mol. The molecule has 4 nitrogen and oxygen atoms in total. The second-order valence-corrected chi connectivity index (χ2v) is 7.82. The molecule has 0 spiro atoms. The van der Waals surface area contributed by atoms with Gasteiger partial charge in [-0.05, 0) is 42.0 Å². The van der Waals surface area contributed by atoms with Gasteiger partial charge < -0.3 is 4.42 Å². The van der Waals surface area contributed by atoms with Crippen LogP contribution in [0.5, 0.6) is 0 Å². The highest BCUT2D eigenvalue weighted by Crippen LogP contribution is 2.30. The van der Waals surface area contributed by atoms with Crippen molar-refractivity contribution < 1.29 is 26.0 Å². The number of benzene rings is 2. The molecule has 0 fully saturated rings. The first-order valence-electron chi connectivity index (χ1n) is 7.68. The molecule has 3 aromatic rings. The van der Waals surface area contributed by atoms with Crippen molar-refractivity contribution in [3.63, 3.8) is 0 Å². The zero-order valence-corrected chi connectivity index (χ0v) is 14.4. The normalized spacial score (nSPS) is 12.9. The molecule has 3 rings (SSSR count). The molecule has 0 aliphatic heterocycles. The van der Waals surface area contributed by atoms with Gasteiger partial charge in [-0.15, -0.1) is 0 Å². The number of fused-ring (bicyclic) bond motifs is 1. The standard InChI is InChI=1S/C18H14F3NO3S/c1-2-26(23,24)14-7-8-16-15(11-14)22-17(25-16)9-6-12-4-3-5-13(10-12)18(19,20)21/h3-11H,2H2,1H3/b9-6+. The molecule has 136 valence electrons. The molecule has 0 bridgehead atoms. The lowest BCUT2D eigenvalue weighted by Gasteiger charge is -2.06. The molecule has 0 atom stereocenters. The van der Waals surface area contributed by atoms with Gasteiger partial charge in [-0.3, -0.25) is 0 Å². The molecular formula is C18H14F3NO3S. The average Bonchev–Trinajstić information content (AvgIpc) is 3.01. The van der Waals surface area contributed by atoms with Crippen LogP contribution in [0, 0.1) is 0 Å². The fourth-order valence-corrected chi connectivity index (χ4v) is 3.24. The second kappa shape index (κ2) is 6.60. The van der Waals surface area contributed by atoms with Gasteiger partial charge in [0.25, 0.3) is 0 Å². The van der Waals surface area contributed by atoms with Gasteiger partial charge in [0.1, 0.15) is 5.52 Å². The molecule has 0 radical (unpaired) electrons. The third-order valence-corrected chi connectivity index (χ3v) is 5.48. The molecule has 1 heterocycles. The van der Waals surface area contributed by atoms with Crippen LogP contribution in [-0.4, -0.2) is 19.2 Å². The molecule has 2 aromatic carbocycles. The highest BCUT2D eigenvalue weighted by atomic mass is 32.2. The Balaban J connectivity index is 1.91. The summed E-state index contributed by atoms with van der Waals surface area (Å²) in [6.07, 6.45) is -1.53. The molecule has 0 N–H and O–H groups in total. The van der Waals surface area contributed by atoms with Crippen molar-refractivity contribution in [2.45, 2.75) is 18.0 Å². The Labute approximate surface area is 147 Å². The molecule has 0 saturated heterocycles. The van der Waals surface area contributed by atoms with Gasteiger partial charge in [-0.25, -0.2) is 13.4 Å². The van der Waals surface area contributed by atoms with Crippen LogP contribution in [0.15, 0.2) is 51.8 Å². The summed E-state index contributed by atoms with van der Waals surface area (Å²) >= 11 is 0. The summed E-state index contributed by atoms with van der Waals surface area (Å²) in [5.41, 5.74) is 0.356. The first-order chi connectivity index (χ1) is 12.2. The molecule has 1 aromatic heterocycles. The van der Waals surface area contributed by atoms with Crippen LogP contribution in [0.25, 0.3) is 23.3 Å². The summed E-state index contributed by atoms with van der Waals surface area (Å²) in [7, 11) is -3.36. The highest BCUT2D eigenvalue weighted by Gasteiger charge is 2.30. The molecule has 8 heteroatoms. The number of hydrogen-bond donors (Lipinski definition) is 0. The smallest absolute Gasteiger partial charge is 0.416 e. The fourth-order valence-electron chi connectivity index (χ4n) is 2.34. The van der Waals surface area contributed by atoms with Gasteiger partial charge in [-0.1, -0.05) is 19.1 Å². The van der Waals surface area contributed by atoms with Crippen molar-refractivity contribution >= 4 is 33.1 Å². The Hall–Kier alpha value is -2.61. The maximum absolute atomic E-state index is 12.7. The van der Waals surface area contributed by atoms with Crippen LogP contribution < -0.4 is 0 Å². The molecule has 0 unspecified atom stereocenters. The minimum atomic E-state index is -4.41. The van der Waals surface area contributed by atoms with Gasteiger partial charge in [-0.2, -0.15) is 13.2 Å². The second-order valence-electron chi connectivity index (χ2n) is 5.54. The zero-order valence-electron chi connectivity index (χ0n) is 13.6. The Morgan fingerprint density at radius 2 is 1.88 bits per heavy atom. The van der Waals surface area contributed by atoms with E-state index in [1.54, 1.807) is 6.92 Å². The number of rotatable bonds is 4. The predicted molar refractivity (Wildman–Crippen MR) is 92.1 cm³/mol. The van der Waals surface area contributed by atoms with Gasteiger partial charge in [0, 0.05) is 6.08 Å². The van der Waals surface area contributed by atoms with E-state index in [9.17, 15) is 21.6 Å². The lowest BCUT2D eigenvalue weighted by molar-refractivity contribution is -0.137. The number of nitrogens with zero attached hydrogens (tertiary/aromatic N) is 1. The van der Waals surface area contributed by atoms with Crippen molar-refractivity contribution in [2.75, 3.05) is 5.75 Å². The Kier molecular flexibility index (Phi) is 4.62. The number of aromatic nitrogens is 1. The van der Waals surface area contributed by atoms with Crippen LogP contribution in [-0.2, 0) is 16.0 Å². The summed E-state index contributed by atoms with van der Waals surface area (Å²) in [4.78, 5) is 4.31. The number of oxazole rings is 1. The number of halogens is 3. The quantitative estimate of drug-likeness (QED) is 0.651. The lowest BCUT2D eigenvalue weighted by Crippen LogP contribution is -2.04. The van der Waals surface area contributed by atoms with E-state index in [2.05, 4.69) is 4.98 Å². The maximum atomic E-state index is 12.7. The molecule has 0 amide bonds. The Morgan fingerprint density at radius 1 is 1.12 bits per heavy atom. The summed E-state index contributed by atoms with van der Waals surface area (Å²) < 4.78 is 67.5. The average molecular weight is 381 g/mol. The van der Waals surface area contributed by atoms with E-state index in [4.69, 9.17) is 4.42 Å². The van der Waals surface area contributed by atoms with Crippen LogP contribution >= 0.6 is 0 Å². The van der Waals surface area contributed by atoms with Crippen LogP contribution in [0.1, 0.15) is 23.9 Å². The minimum absolute atomic E-state index is 0.0291. The monoisotopic (exact) mass is 381 g/mol. The summed E-state index contributed by atoms with van der Waals surface area (Å²) in [5, 5.41) is 0. The van der Waals surface area contributed by atoms with Crippen LogP contribution in [0.3, 0.4) is 0 Å². The van der Waals surface area contributed by atoms with Crippen molar-refractivity contribution in [1.29, 1.82) is 0 Å². The fraction of sp³-hybridized carbons (Fsp3) is 0.167. The van der Waals surface area contributed by atoms with Crippen LogP contribution in [0.2, 0.25) is 0 Å². The predicted octanol–water partition coefficient (Wildman–Crippen LogP) is 4.81. The number of sulfone groups is 1. The zero-order chi connectivity index (χ0) is 18.9. The van der Waals surface area contributed by atoms with Crippen molar-refractivity contribution in [3.8, 4) is 0 Å². The Bertz CT molecular complexity index is 1080. The minimum Gasteiger partial charge on any atom is -0.437 e. The number of hydrogen-bond acceptors (Lipinski definition) is 4. The van der Waals surface area contributed by atoms with Crippen molar-refractivity contribution in [3.05, 3.63) is 59.5 Å². The Morgan fingerprint density at radius 3 is 2.58 bits per heavy atom. The molecule has 0 saturated carbocycles. The van der Waals surface area contributed by atoms with E-state index in [1.807, 2.05) is 0 Å². The first kappa shape index (κ1) is 18.2. The van der Waals surface area contributed by atoms with Gasteiger partial charge in [0.05, 0.1) is 16.2 Å². The van der Waals surface area contributed by atoms with Crippen molar-refractivity contribution in [2.24, 2.45) is 0 Å². The molecule has 0 aliphatic rings. The highest BCUT2D eigenvalue weighted by molar-refractivity contribution is 7.91. The van der Waals surface area contributed by atoms with Gasteiger partial charge in [0.15, 0.2) is 15.4 Å². The summed E-state index contributed by atoms with van der Waals surface area (Å²) in [6, 6.07) is 9.22. The topological polar surface area (TPSA) is 60.2 Å². The van der Waals surface area contributed by atoms with E-state index in [-0.39, 0.29) is 16.5 Å². The number of alkyl halides is 3. The molecule has 26 heavy (non-hydrogen) atoms. The molecule has 0 aliphatic carbocycles. The van der Waals surface area contributed by atoms with E-state index in [1.165, 1.54) is 42.5 Å². The SMILES string of the molecule is CCS(=O)(=O)c1ccc2oc(/C=C/c3cccc(C(F)(F)F)c3)nc2c1. The van der Waals surface area contributed by atoms with E-state index >= 15 is 0 Å². The largest absolute Gasteiger partial charge is 0.437 e.